The minimum absolute atomic E-state index is 0.114. The number of halogens is 7. The van der Waals surface area contributed by atoms with E-state index in [0.29, 0.717) is 21.2 Å². The molecule has 0 aliphatic heterocycles. The van der Waals surface area contributed by atoms with Gasteiger partial charge < -0.3 is 16.0 Å². The lowest BCUT2D eigenvalue weighted by molar-refractivity contribution is -0.165. The molecule has 0 spiro atoms. The Morgan fingerprint density at radius 3 is 2.02 bits per heavy atom. The van der Waals surface area contributed by atoms with Crippen molar-refractivity contribution in [3.05, 3.63) is 75.8 Å². The van der Waals surface area contributed by atoms with Crippen LogP contribution < -0.4 is 16.0 Å². The predicted octanol–water partition coefficient (Wildman–Crippen LogP) is 4.76. The van der Waals surface area contributed by atoms with Crippen LogP contribution in [0.4, 0.5) is 22.0 Å². The van der Waals surface area contributed by atoms with E-state index in [4.69, 9.17) is 23.2 Å². The zero-order chi connectivity index (χ0) is 31.0. The SMILES string of the molecule is CC(C)[C@H](NC(=O)[C@H](Cc1ccccc1)NC(=O)/C=C/c1cc(Cl)cc(Cl)c1)C(=O)C(F)(F)C(=O)NCC(F)(F)F. The van der Waals surface area contributed by atoms with Gasteiger partial charge >= 0.3 is 12.1 Å². The molecule has 0 radical (unpaired) electrons. The summed E-state index contributed by atoms with van der Waals surface area (Å²) in [4.78, 5) is 50.2. The maximum atomic E-state index is 14.5. The number of rotatable bonds is 12. The van der Waals surface area contributed by atoms with E-state index < -0.39 is 60.1 Å². The predicted molar refractivity (Wildman–Crippen MR) is 143 cm³/mol. The zero-order valence-electron chi connectivity index (χ0n) is 21.7. The Hall–Kier alpha value is -3.51. The summed E-state index contributed by atoms with van der Waals surface area (Å²) in [7, 11) is 0. The first-order valence-corrected chi connectivity index (χ1v) is 12.8. The Kier molecular flexibility index (Phi) is 11.8. The smallest absolute Gasteiger partial charge is 0.344 e. The molecule has 0 aliphatic carbocycles. The first kappa shape index (κ1) is 33.7. The van der Waals surface area contributed by atoms with Gasteiger partial charge in [-0.1, -0.05) is 67.4 Å². The molecule has 2 atom stereocenters. The average molecular weight is 622 g/mol. The van der Waals surface area contributed by atoms with E-state index >= 15 is 0 Å². The van der Waals surface area contributed by atoms with E-state index in [-0.39, 0.29) is 6.42 Å². The van der Waals surface area contributed by atoms with Crippen LogP contribution in [0.3, 0.4) is 0 Å². The van der Waals surface area contributed by atoms with Crippen LogP contribution in [-0.4, -0.2) is 54.2 Å². The number of Topliss-reactive ketones (excluding diaryl/α,β-unsaturated/α-hetero) is 1. The highest BCUT2D eigenvalue weighted by atomic mass is 35.5. The molecule has 7 nitrogen and oxygen atoms in total. The maximum Gasteiger partial charge on any atom is 0.405 e. The number of carbonyl (C=O) groups is 4. The van der Waals surface area contributed by atoms with Gasteiger partial charge in [0.05, 0.1) is 6.04 Å². The Morgan fingerprint density at radius 1 is 0.902 bits per heavy atom. The van der Waals surface area contributed by atoms with Crippen LogP contribution in [0.15, 0.2) is 54.6 Å². The van der Waals surface area contributed by atoms with Crippen LogP contribution in [0.1, 0.15) is 25.0 Å². The molecule has 222 valence electrons. The summed E-state index contributed by atoms with van der Waals surface area (Å²) in [6, 6.07) is 9.48. The molecule has 3 amide bonds. The van der Waals surface area contributed by atoms with E-state index in [2.05, 4.69) is 10.6 Å². The van der Waals surface area contributed by atoms with Crippen molar-refractivity contribution in [2.45, 2.75) is 44.5 Å². The van der Waals surface area contributed by atoms with Crippen molar-refractivity contribution in [3.63, 3.8) is 0 Å². The topological polar surface area (TPSA) is 104 Å². The highest BCUT2D eigenvalue weighted by molar-refractivity contribution is 6.34. The summed E-state index contributed by atoms with van der Waals surface area (Å²) < 4.78 is 66.2. The van der Waals surface area contributed by atoms with E-state index in [9.17, 15) is 41.1 Å². The molecule has 2 rings (SSSR count). The Balaban J connectivity index is 2.25. The van der Waals surface area contributed by atoms with Gasteiger partial charge in [-0.3, -0.25) is 19.2 Å². The molecule has 0 bridgehead atoms. The third-order valence-corrected chi connectivity index (χ3v) is 5.96. The monoisotopic (exact) mass is 621 g/mol. The van der Waals surface area contributed by atoms with Gasteiger partial charge in [0.25, 0.3) is 5.91 Å². The molecule has 2 aromatic carbocycles. The number of ketones is 1. The van der Waals surface area contributed by atoms with Gasteiger partial charge in [-0.15, -0.1) is 0 Å². The highest BCUT2D eigenvalue weighted by Crippen LogP contribution is 2.22. The van der Waals surface area contributed by atoms with E-state index in [1.54, 1.807) is 30.3 Å². The van der Waals surface area contributed by atoms with Gasteiger partial charge in [-0.05, 0) is 41.3 Å². The highest BCUT2D eigenvalue weighted by Gasteiger charge is 2.52. The summed E-state index contributed by atoms with van der Waals surface area (Å²) in [5.41, 5.74) is 1.04. The molecule has 0 aliphatic rings. The number of amides is 3. The fourth-order valence-corrected chi connectivity index (χ4v) is 4.05. The molecule has 14 heteroatoms. The Labute approximate surface area is 242 Å². The molecule has 0 fully saturated rings. The van der Waals surface area contributed by atoms with Crippen molar-refractivity contribution in [1.29, 1.82) is 0 Å². The van der Waals surface area contributed by atoms with E-state index in [1.165, 1.54) is 38.1 Å². The van der Waals surface area contributed by atoms with Crippen molar-refractivity contribution in [2.75, 3.05) is 6.54 Å². The second kappa shape index (κ2) is 14.4. The van der Waals surface area contributed by atoms with Crippen LogP contribution >= 0.6 is 23.2 Å². The molecule has 0 unspecified atom stereocenters. The largest absolute Gasteiger partial charge is 0.405 e. The lowest BCUT2D eigenvalue weighted by atomic mass is 9.94. The Bertz CT molecular complexity index is 1270. The molecule has 0 heterocycles. The second-order valence-electron chi connectivity index (χ2n) is 9.25. The van der Waals surface area contributed by atoms with Crippen LogP contribution in [0, 0.1) is 5.92 Å². The molecule has 0 saturated carbocycles. The van der Waals surface area contributed by atoms with Gasteiger partial charge in [0, 0.05) is 22.5 Å². The second-order valence-corrected chi connectivity index (χ2v) is 10.1. The average Bonchev–Trinajstić information content (AvgIpc) is 2.87. The summed E-state index contributed by atoms with van der Waals surface area (Å²) in [6.07, 6.45) is -2.66. The van der Waals surface area contributed by atoms with Crippen LogP contribution in [0.2, 0.25) is 10.0 Å². The summed E-state index contributed by atoms with van der Waals surface area (Å²) in [6.45, 7) is 0.500. The molecule has 3 N–H and O–H groups in total. The van der Waals surface area contributed by atoms with E-state index in [0.717, 1.165) is 11.4 Å². The number of hydrogen-bond donors (Lipinski definition) is 3. The fraction of sp³-hybridized carbons (Fsp3) is 0.333. The summed E-state index contributed by atoms with van der Waals surface area (Å²) in [5.74, 6) is -12.3. The molecular formula is C27H26Cl2F5N3O4. The molecule has 41 heavy (non-hydrogen) atoms. The van der Waals surface area contributed by atoms with Gasteiger partial charge in [-0.2, -0.15) is 22.0 Å². The third-order valence-electron chi connectivity index (χ3n) is 5.52. The van der Waals surface area contributed by atoms with Crippen molar-refractivity contribution in [2.24, 2.45) is 5.92 Å². The van der Waals surface area contributed by atoms with Crippen molar-refractivity contribution in [1.82, 2.24) is 16.0 Å². The quantitative estimate of drug-likeness (QED) is 0.181. The molecule has 0 saturated heterocycles. The van der Waals surface area contributed by atoms with Crippen LogP contribution in [0.25, 0.3) is 6.08 Å². The summed E-state index contributed by atoms with van der Waals surface area (Å²) >= 11 is 11.9. The number of alkyl halides is 5. The van der Waals surface area contributed by atoms with Crippen molar-refractivity contribution >= 4 is 52.8 Å². The Morgan fingerprint density at radius 2 is 1.49 bits per heavy atom. The number of nitrogens with one attached hydrogen (secondary N) is 3. The third kappa shape index (κ3) is 10.8. The molecular weight excluding hydrogens is 596 g/mol. The number of benzene rings is 2. The minimum atomic E-state index is -4.99. The van der Waals surface area contributed by atoms with E-state index in [1.807, 2.05) is 0 Å². The van der Waals surface area contributed by atoms with Gasteiger partial charge in [0.1, 0.15) is 12.6 Å². The first-order valence-electron chi connectivity index (χ1n) is 12.1. The molecule has 2 aromatic rings. The lowest BCUT2D eigenvalue weighted by Crippen LogP contribution is -2.59. The zero-order valence-corrected chi connectivity index (χ0v) is 23.2. The van der Waals surface area contributed by atoms with Crippen molar-refractivity contribution < 1.29 is 41.1 Å². The standard InChI is InChI=1S/C27H26Cl2F5N3O4/c1-15(2)22(23(39)27(33,34)25(41)35-14-26(30,31)32)37-24(40)20(12-16-6-4-3-5-7-16)36-21(38)9-8-17-10-18(28)13-19(29)11-17/h3-11,13,15,20,22H,12,14H2,1-2H3,(H,35,41)(H,36,38)(H,37,40)/b9-8+/t20-,22-/m0/s1. The van der Waals surface area contributed by atoms with Crippen LogP contribution in [0.5, 0.6) is 0 Å². The normalized spacial score (nSPS) is 13.5. The number of carbonyl (C=O) groups excluding carboxylic acids is 4. The number of hydrogen-bond acceptors (Lipinski definition) is 4. The fourth-order valence-electron chi connectivity index (χ4n) is 3.51. The van der Waals surface area contributed by atoms with Gasteiger partial charge in [0.2, 0.25) is 17.6 Å². The minimum Gasteiger partial charge on any atom is -0.344 e. The molecule has 0 aromatic heterocycles. The summed E-state index contributed by atoms with van der Waals surface area (Å²) in [5, 5.41) is 6.16. The van der Waals surface area contributed by atoms with Crippen molar-refractivity contribution in [3.8, 4) is 0 Å². The van der Waals surface area contributed by atoms with Gasteiger partial charge in [-0.25, -0.2) is 0 Å². The van der Waals surface area contributed by atoms with Gasteiger partial charge in [0.15, 0.2) is 0 Å². The maximum absolute atomic E-state index is 14.5. The lowest BCUT2D eigenvalue weighted by Gasteiger charge is -2.27. The van der Waals surface area contributed by atoms with Crippen LogP contribution in [-0.2, 0) is 25.6 Å². The first-order chi connectivity index (χ1) is 19.0.